The highest BCUT2D eigenvalue weighted by Gasteiger charge is 2.26. The zero-order valence-electron chi connectivity index (χ0n) is 13.0. The molecule has 1 N–H and O–H groups in total. The summed E-state index contributed by atoms with van der Waals surface area (Å²) in [6.07, 6.45) is 0.675. The summed E-state index contributed by atoms with van der Waals surface area (Å²) in [7, 11) is 1.43. The number of hydrogen-bond acceptors (Lipinski definition) is 3. The van der Waals surface area contributed by atoms with E-state index in [4.69, 9.17) is 4.74 Å². The summed E-state index contributed by atoms with van der Waals surface area (Å²) in [4.78, 5) is 24.9. The number of halogens is 3. The molecule has 1 aromatic carbocycles. The van der Waals surface area contributed by atoms with Crippen molar-refractivity contribution < 1.29 is 13.5 Å². The van der Waals surface area contributed by atoms with Gasteiger partial charge in [0, 0.05) is 5.56 Å². The lowest BCUT2D eigenvalue weighted by Gasteiger charge is -2.24. The number of nitrogens with zero attached hydrogens (tertiary/aromatic N) is 1. The lowest BCUT2D eigenvalue weighted by atomic mass is 9.86. The van der Waals surface area contributed by atoms with Crippen molar-refractivity contribution >= 4 is 22.6 Å². The van der Waals surface area contributed by atoms with E-state index in [1.54, 1.807) is 22.6 Å². The van der Waals surface area contributed by atoms with Crippen LogP contribution in [0.4, 0.5) is 8.78 Å². The van der Waals surface area contributed by atoms with Crippen LogP contribution in [0.25, 0.3) is 5.69 Å². The van der Waals surface area contributed by atoms with E-state index >= 15 is 0 Å². The lowest BCUT2D eigenvalue weighted by Crippen LogP contribution is -2.31. The number of aromatic amines is 1. The van der Waals surface area contributed by atoms with Crippen LogP contribution in [-0.4, -0.2) is 16.7 Å². The van der Waals surface area contributed by atoms with Gasteiger partial charge in [0.05, 0.1) is 22.6 Å². The third kappa shape index (κ3) is 3.17. The zero-order valence-corrected chi connectivity index (χ0v) is 15.1. The van der Waals surface area contributed by atoms with Crippen molar-refractivity contribution in [2.75, 3.05) is 7.11 Å². The first-order valence-electron chi connectivity index (χ1n) is 6.66. The first-order chi connectivity index (χ1) is 10.6. The number of ether oxygens (including phenoxy) is 1. The molecule has 1 aromatic heterocycles. The molecule has 2 rings (SSSR count). The van der Waals surface area contributed by atoms with Crippen molar-refractivity contribution in [3.05, 3.63) is 53.9 Å². The van der Waals surface area contributed by atoms with E-state index in [-0.39, 0.29) is 9.26 Å². The molecule has 0 aliphatic heterocycles. The quantitative estimate of drug-likeness (QED) is 0.737. The van der Waals surface area contributed by atoms with E-state index in [1.807, 2.05) is 25.8 Å². The number of hydrogen-bond donors (Lipinski definition) is 1. The summed E-state index contributed by atoms with van der Waals surface area (Å²) in [6.45, 7) is 5.70. The topological polar surface area (TPSA) is 64.1 Å². The molecule has 0 saturated heterocycles. The molecular formula is C15H15F2IN2O3. The van der Waals surface area contributed by atoms with E-state index in [2.05, 4.69) is 0 Å². The Morgan fingerprint density at radius 3 is 2.39 bits per heavy atom. The maximum Gasteiger partial charge on any atom is 0.333 e. The van der Waals surface area contributed by atoms with Gasteiger partial charge < -0.3 is 4.74 Å². The predicted molar refractivity (Wildman–Crippen MR) is 90.5 cm³/mol. The molecule has 0 bridgehead atoms. The summed E-state index contributed by atoms with van der Waals surface area (Å²) in [5.41, 5.74) is -1.97. The molecule has 0 radical (unpaired) electrons. The van der Waals surface area contributed by atoms with Gasteiger partial charge in [-0.3, -0.25) is 14.3 Å². The van der Waals surface area contributed by atoms with Gasteiger partial charge in [0.1, 0.15) is 5.75 Å². The first kappa shape index (κ1) is 17.6. The van der Waals surface area contributed by atoms with Crippen LogP contribution in [0, 0.1) is 15.2 Å². The van der Waals surface area contributed by atoms with E-state index in [9.17, 15) is 18.4 Å². The fourth-order valence-corrected chi connectivity index (χ4v) is 2.94. The lowest BCUT2D eigenvalue weighted by molar-refractivity contribution is 0.389. The molecule has 0 spiro atoms. The van der Waals surface area contributed by atoms with Gasteiger partial charge in [-0.25, -0.2) is 9.18 Å². The third-order valence-electron chi connectivity index (χ3n) is 3.31. The van der Waals surface area contributed by atoms with E-state index < -0.39 is 28.3 Å². The minimum atomic E-state index is -1.17. The van der Waals surface area contributed by atoms with Crippen molar-refractivity contribution in [1.29, 1.82) is 0 Å². The molecule has 5 nitrogen and oxygen atoms in total. The van der Waals surface area contributed by atoms with Gasteiger partial charge in [-0.15, -0.1) is 0 Å². The van der Waals surface area contributed by atoms with Crippen LogP contribution in [0.3, 0.4) is 0 Å². The Hall–Kier alpha value is -1.71. The molecule has 0 fully saturated rings. The largest absolute Gasteiger partial charge is 0.495 e. The van der Waals surface area contributed by atoms with Gasteiger partial charge >= 0.3 is 5.69 Å². The molecule has 0 aliphatic rings. The molecule has 1 heterocycles. The Morgan fingerprint density at radius 1 is 1.26 bits per heavy atom. The number of H-pyrrole nitrogens is 1. The smallest absolute Gasteiger partial charge is 0.333 e. The molecule has 0 unspecified atom stereocenters. The van der Waals surface area contributed by atoms with Crippen LogP contribution in [0.5, 0.6) is 5.75 Å². The highest BCUT2D eigenvalue weighted by molar-refractivity contribution is 14.1. The van der Waals surface area contributed by atoms with Crippen LogP contribution in [0.2, 0.25) is 0 Å². The average molecular weight is 436 g/mol. The number of methoxy groups -OCH3 is 1. The van der Waals surface area contributed by atoms with Crippen LogP contribution < -0.4 is 16.0 Å². The van der Waals surface area contributed by atoms with Crippen molar-refractivity contribution in [2.45, 2.75) is 26.2 Å². The Kier molecular flexibility index (Phi) is 4.65. The zero-order chi connectivity index (χ0) is 17.5. The van der Waals surface area contributed by atoms with E-state index in [0.717, 1.165) is 4.57 Å². The highest BCUT2D eigenvalue weighted by atomic mass is 127. The summed E-state index contributed by atoms with van der Waals surface area (Å²) in [5.74, 6) is -1.55. The van der Waals surface area contributed by atoms with Crippen molar-refractivity contribution in [1.82, 2.24) is 9.55 Å². The number of nitrogens with one attached hydrogen (secondary N) is 1. The summed E-state index contributed by atoms with van der Waals surface area (Å²) in [6, 6.07) is 1.43. The third-order valence-corrected chi connectivity index (χ3v) is 4.28. The van der Waals surface area contributed by atoms with Gasteiger partial charge in [0.25, 0.3) is 5.56 Å². The van der Waals surface area contributed by atoms with Crippen LogP contribution in [-0.2, 0) is 5.41 Å². The second-order valence-electron chi connectivity index (χ2n) is 5.96. The van der Waals surface area contributed by atoms with Gasteiger partial charge in [0.15, 0.2) is 5.82 Å². The normalized spacial score (nSPS) is 11.6. The Morgan fingerprint density at radius 2 is 1.87 bits per heavy atom. The number of rotatable bonds is 2. The van der Waals surface area contributed by atoms with Gasteiger partial charge in [-0.1, -0.05) is 20.8 Å². The number of benzene rings is 1. The second-order valence-corrected chi connectivity index (χ2v) is 7.04. The predicted octanol–water partition coefficient (Wildman–Crippen LogP) is 2.71. The van der Waals surface area contributed by atoms with Gasteiger partial charge in [-0.05, 0) is 34.1 Å². The van der Waals surface area contributed by atoms with Crippen molar-refractivity contribution in [2.24, 2.45) is 0 Å². The SMILES string of the molecule is COc1c(C(C)(C)C)cc(-n2cc(F)c(=O)[nH]c2=O)c(F)c1I. The summed E-state index contributed by atoms with van der Waals surface area (Å²) < 4.78 is 34.4. The average Bonchev–Trinajstić information content (AvgIpc) is 2.44. The maximum atomic E-state index is 14.7. The maximum absolute atomic E-state index is 14.7. The minimum absolute atomic E-state index is 0.153. The molecule has 2 aromatic rings. The first-order valence-corrected chi connectivity index (χ1v) is 7.74. The molecule has 8 heteroatoms. The van der Waals surface area contributed by atoms with E-state index in [0.29, 0.717) is 17.5 Å². The number of aromatic nitrogens is 2. The Labute approximate surface area is 144 Å². The fraction of sp³-hybridized carbons (Fsp3) is 0.333. The fourth-order valence-electron chi connectivity index (χ4n) is 2.15. The van der Waals surface area contributed by atoms with Gasteiger partial charge in [0.2, 0.25) is 5.82 Å². The molecule has 0 atom stereocenters. The summed E-state index contributed by atoms with van der Waals surface area (Å²) >= 11 is 1.77. The molecular weight excluding hydrogens is 421 g/mol. The van der Waals surface area contributed by atoms with Crippen molar-refractivity contribution in [3.63, 3.8) is 0 Å². The Bertz CT molecular complexity index is 882. The molecule has 0 amide bonds. The van der Waals surface area contributed by atoms with Crippen LogP contribution in [0.1, 0.15) is 26.3 Å². The van der Waals surface area contributed by atoms with Crippen LogP contribution in [0.15, 0.2) is 21.9 Å². The molecule has 0 aliphatic carbocycles. The van der Waals surface area contributed by atoms with Gasteiger partial charge in [-0.2, -0.15) is 4.39 Å². The van der Waals surface area contributed by atoms with E-state index in [1.165, 1.54) is 13.2 Å². The second kappa shape index (κ2) is 6.06. The summed E-state index contributed by atoms with van der Waals surface area (Å²) in [5, 5.41) is 0. The molecule has 23 heavy (non-hydrogen) atoms. The Balaban J connectivity index is 2.89. The molecule has 124 valence electrons. The van der Waals surface area contributed by atoms with Crippen LogP contribution >= 0.6 is 22.6 Å². The monoisotopic (exact) mass is 436 g/mol. The standard InChI is InChI=1S/C15H15F2IN2O3/c1-15(2,3)7-5-9(10(17)11(18)12(7)23-4)20-6-8(16)13(21)19-14(20)22/h5-6H,1-4H3,(H,19,21,22). The highest BCUT2D eigenvalue weighted by Crippen LogP contribution is 2.38. The molecule has 0 saturated carbocycles. The minimum Gasteiger partial charge on any atom is -0.495 e. The van der Waals surface area contributed by atoms with Crippen molar-refractivity contribution in [3.8, 4) is 11.4 Å².